The molecule has 0 aliphatic rings. The summed E-state index contributed by atoms with van der Waals surface area (Å²) in [7, 11) is 0. The first-order chi connectivity index (χ1) is 9.81. The molecule has 0 aliphatic heterocycles. The summed E-state index contributed by atoms with van der Waals surface area (Å²) in [6, 6.07) is 0.970. The molecule has 2 aromatic rings. The van der Waals surface area contributed by atoms with E-state index < -0.39 is 27.2 Å². The summed E-state index contributed by atoms with van der Waals surface area (Å²) in [5.74, 6) is -1.77. The van der Waals surface area contributed by atoms with Crippen LogP contribution >= 0.6 is 11.6 Å². The average Bonchev–Trinajstić information content (AvgIpc) is 2.83. The molecule has 0 amide bonds. The molecule has 12 heteroatoms. The molecule has 0 saturated carbocycles. The van der Waals surface area contributed by atoms with Gasteiger partial charge in [0.05, 0.1) is 14.9 Å². The van der Waals surface area contributed by atoms with Crippen LogP contribution in [-0.2, 0) is 0 Å². The number of carbonyl (C=O) groups is 1. The topological polar surface area (TPSA) is 154 Å². The predicted octanol–water partition coefficient (Wildman–Crippen LogP) is 1.44. The number of halogens is 1. The van der Waals surface area contributed by atoms with E-state index in [1.54, 1.807) is 0 Å². The lowest BCUT2D eigenvalue weighted by atomic mass is 10.4. The quantitative estimate of drug-likeness (QED) is 0.656. The van der Waals surface area contributed by atoms with Crippen molar-refractivity contribution in [1.82, 2.24) is 14.8 Å². The number of hydrogen-bond acceptors (Lipinski definition) is 7. The Labute approximate surface area is 119 Å². The fraction of sp³-hybridized carbons (Fsp3) is 0. The SMILES string of the molecule is O=C(O)c1nn(-c2ncc([N+](=O)[O-])cc2Cl)cc1[N+](=O)[O-]. The van der Waals surface area contributed by atoms with Gasteiger partial charge in [-0.3, -0.25) is 20.2 Å². The summed E-state index contributed by atoms with van der Waals surface area (Å²) in [6.45, 7) is 0. The Morgan fingerprint density at radius 1 is 1.33 bits per heavy atom. The minimum absolute atomic E-state index is 0.169. The Balaban J connectivity index is 2.57. The molecule has 0 fully saturated rings. The highest BCUT2D eigenvalue weighted by Gasteiger charge is 2.27. The summed E-state index contributed by atoms with van der Waals surface area (Å²) in [5.41, 5.74) is -1.93. The molecule has 1 N–H and O–H groups in total. The molecule has 0 saturated heterocycles. The van der Waals surface area contributed by atoms with Gasteiger partial charge < -0.3 is 5.11 Å². The monoisotopic (exact) mass is 313 g/mol. The first kappa shape index (κ1) is 14.3. The van der Waals surface area contributed by atoms with Gasteiger partial charge in [0.1, 0.15) is 12.4 Å². The zero-order valence-corrected chi connectivity index (χ0v) is 10.6. The van der Waals surface area contributed by atoms with Gasteiger partial charge >= 0.3 is 11.7 Å². The molecule has 11 nitrogen and oxygen atoms in total. The number of pyridine rings is 1. The zero-order chi connectivity index (χ0) is 15.7. The van der Waals surface area contributed by atoms with Crippen LogP contribution in [0.3, 0.4) is 0 Å². The van der Waals surface area contributed by atoms with E-state index in [2.05, 4.69) is 10.1 Å². The first-order valence-corrected chi connectivity index (χ1v) is 5.46. The van der Waals surface area contributed by atoms with Crippen molar-refractivity contribution in [3.8, 4) is 5.82 Å². The van der Waals surface area contributed by atoms with Gasteiger partial charge in [0.25, 0.3) is 5.69 Å². The van der Waals surface area contributed by atoms with Crippen molar-refractivity contribution in [1.29, 1.82) is 0 Å². The minimum atomic E-state index is -1.60. The molecule has 0 aliphatic carbocycles. The van der Waals surface area contributed by atoms with Crippen molar-refractivity contribution < 1.29 is 19.7 Å². The second kappa shape index (κ2) is 5.13. The highest BCUT2D eigenvalue weighted by atomic mass is 35.5. The molecular weight excluding hydrogens is 310 g/mol. The molecule has 0 aromatic carbocycles. The third kappa shape index (κ3) is 2.62. The van der Waals surface area contributed by atoms with Crippen molar-refractivity contribution in [3.63, 3.8) is 0 Å². The van der Waals surface area contributed by atoms with E-state index >= 15 is 0 Å². The number of rotatable bonds is 4. The van der Waals surface area contributed by atoms with E-state index in [0.29, 0.717) is 0 Å². The molecule has 0 bridgehead atoms. The largest absolute Gasteiger partial charge is 0.476 e. The van der Waals surface area contributed by atoms with E-state index in [4.69, 9.17) is 16.7 Å². The fourth-order valence-electron chi connectivity index (χ4n) is 1.45. The van der Waals surface area contributed by atoms with E-state index in [-0.39, 0.29) is 16.5 Å². The number of aromatic carboxylic acids is 1. The fourth-order valence-corrected chi connectivity index (χ4v) is 1.70. The smallest absolute Gasteiger partial charge is 0.363 e. The summed E-state index contributed by atoms with van der Waals surface area (Å²) >= 11 is 5.78. The Kier molecular flexibility index (Phi) is 3.50. The molecule has 108 valence electrons. The molecule has 0 atom stereocenters. The highest BCUT2D eigenvalue weighted by Crippen LogP contribution is 2.25. The van der Waals surface area contributed by atoms with Crippen molar-refractivity contribution in [2.75, 3.05) is 0 Å². The molecule has 2 heterocycles. The lowest BCUT2D eigenvalue weighted by molar-refractivity contribution is -0.385. The lowest BCUT2D eigenvalue weighted by Crippen LogP contribution is -2.04. The Bertz CT molecular complexity index is 740. The summed E-state index contributed by atoms with van der Waals surface area (Å²) in [6.07, 6.45) is 1.68. The van der Waals surface area contributed by atoms with Gasteiger partial charge in [0.15, 0.2) is 5.82 Å². The molecule has 2 rings (SSSR count). The second-order valence-corrected chi connectivity index (χ2v) is 4.03. The normalized spacial score (nSPS) is 10.3. The predicted molar refractivity (Wildman–Crippen MR) is 66.6 cm³/mol. The van der Waals surface area contributed by atoms with Crippen LogP contribution < -0.4 is 0 Å². The van der Waals surface area contributed by atoms with Crippen molar-refractivity contribution in [2.45, 2.75) is 0 Å². The number of aromatic nitrogens is 3. The maximum Gasteiger partial charge on any atom is 0.363 e. The maximum atomic E-state index is 10.9. The number of carboxylic acids is 1. The third-order valence-corrected chi connectivity index (χ3v) is 2.61. The zero-order valence-electron chi connectivity index (χ0n) is 9.83. The highest BCUT2D eigenvalue weighted by molar-refractivity contribution is 6.32. The van der Waals surface area contributed by atoms with Gasteiger partial charge in [-0.2, -0.15) is 5.10 Å². The van der Waals surface area contributed by atoms with Crippen LogP contribution in [0.1, 0.15) is 10.5 Å². The van der Waals surface area contributed by atoms with Crippen LogP contribution in [0.2, 0.25) is 5.02 Å². The van der Waals surface area contributed by atoms with Crippen LogP contribution in [0.15, 0.2) is 18.5 Å². The molecule has 0 unspecified atom stereocenters. The first-order valence-electron chi connectivity index (χ1n) is 5.09. The number of hydrogen-bond donors (Lipinski definition) is 1. The van der Waals surface area contributed by atoms with Crippen molar-refractivity contribution in [3.05, 3.63) is 49.4 Å². The third-order valence-electron chi connectivity index (χ3n) is 2.33. The number of nitro groups is 2. The molecule has 2 aromatic heterocycles. The van der Waals surface area contributed by atoms with Crippen molar-refractivity contribution in [2.24, 2.45) is 0 Å². The van der Waals surface area contributed by atoms with Gasteiger partial charge in [-0.1, -0.05) is 11.6 Å². The van der Waals surface area contributed by atoms with E-state index in [9.17, 15) is 25.0 Å². The van der Waals surface area contributed by atoms with Gasteiger partial charge in [-0.05, 0) is 0 Å². The molecule has 0 radical (unpaired) electrons. The van der Waals surface area contributed by atoms with Crippen LogP contribution in [0.5, 0.6) is 0 Å². The van der Waals surface area contributed by atoms with Gasteiger partial charge in [-0.15, -0.1) is 0 Å². The Hall–Kier alpha value is -3.08. The standard InChI is InChI=1S/C9H4ClN5O6/c10-5-1-4(14(18)19)2-11-8(5)13-3-6(15(20)21)7(12-13)9(16)17/h1-3H,(H,16,17). The lowest BCUT2D eigenvalue weighted by Gasteiger charge is -2.01. The Morgan fingerprint density at radius 2 is 2.00 bits per heavy atom. The van der Waals surface area contributed by atoms with Crippen molar-refractivity contribution >= 4 is 28.9 Å². The second-order valence-electron chi connectivity index (χ2n) is 3.63. The summed E-state index contributed by atoms with van der Waals surface area (Å²) in [5, 5.41) is 33.4. The summed E-state index contributed by atoms with van der Waals surface area (Å²) < 4.78 is 0.771. The van der Waals surface area contributed by atoms with Crippen LogP contribution in [0.25, 0.3) is 5.82 Å². The Morgan fingerprint density at radius 3 is 2.43 bits per heavy atom. The molecule has 0 spiro atoms. The van der Waals surface area contributed by atoms with E-state index in [1.165, 1.54) is 0 Å². The average molecular weight is 314 g/mol. The van der Waals surface area contributed by atoms with Gasteiger partial charge in [0, 0.05) is 6.07 Å². The van der Waals surface area contributed by atoms with E-state index in [0.717, 1.165) is 23.1 Å². The minimum Gasteiger partial charge on any atom is -0.476 e. The van der Waals surface area contributed by atoms with Gasteiger partial charge in [0.2, 0.25) is 5.69 Å². The van der Waals surface area contributed by atoms with Crippen LogP contribution in [0.4, 0.5) is 11.4 Å². The number of nitrogens with zero attached hydrogens (tertiary/aromatic N) is 5. The molecule has 21 heavy (non-hydrogen) atoms. The maximum absolute atomic E-state index is 10.9. The molecular formula is C9H4ClN5O6. The summed E-state index contributed by atoms with van der Waals surface area (Å²) in [4.78, 5) is 34.2. The number of carboxylic acid groups (broad SMARTS) is 1. The van der Waals surface area contributed by atoms with Crippen LogP contribution in [0, 0.1) is 20.2 Å². The van der Waals surface area contributed by atoms with E-state index in [1.807, 2.05) is 0 Å². The van der Waals surface area contributed by atoms with Gasteiger partial charge in [-0.25, -0.2) is 14.5 Å². The van der Waals surface area contributed by atoms with Crippen LogP contribution in [-0.4, -0.2) is 35.7 Å².